The van der Waals surface area contributed by atoms with E-state index in [1.54, 1.807) is 37.4 Å². The van der Waals surface area contributed by atoms with Gasteiger partial charge in [0.2, 0.25) is 23.5 Å². The number of rotatable bonds is 10. The molecule has 0 aliphatic carbocycles. The van der Waals surface area contributed by atoms with Crippen molar-refractivity contribution in [2.24, 2.45) is 0 Å². The summed E-state index contributed by atoms with van der Waals surface area (Å²) in [5.41, 5.74) is 2.80. The van der Waals surface area contributed by atoms with Gasteiger partial charge in [-0.1, -0.05) is 12.1 Å². The van der Waals surface area contributed by atoms with Crippen LogP contribution in [0.5, 0.6) is 0 Å². The summed E-state index contributed by atoms with van der Waals surface area (Å²) >= 11 is 0. The number of nitrogens with one attached hydrogen (secondary N) is 2. The molecule has 57 heavy (non-hydrogen) atoms. The molecule has 2 atom stereocenters. The van der Waals surface area contributed by atoms with Gasteiger partial charge in [0.25, 0.3) is 0 Å². The number of piperazine rings is 1. The fourth-order valence-corrected chi connectivity index (χ4v) is 8.20. The van der Waals surface area contributed by atoms with E-state index in [0.717, 1.165) is 11.9 Å². The summed E-state index contributed by atoms with van der Waals surface area (Å²) in [6.07, 6.45) is 3.14. The van der Waals surface area contributed by atoms with Crippen LogP contribution >= 0.6 is 0 Å². The molecular formula is C40H39F3N10O4. The number of halogens is 3. The number of carbonyl (C=O) groups excluding carboxylic acids is 4. The van der Waals surface area contributed by atoms with E-state index in [1.807, 2.05) is 24.5 Å². The second-order valence-electron chi connectivity index (χ2n) is 14.8. The number of amides is 2. The maximum absolute atomic E-state index is 16.2. The molecule has 2 N–H and O–H groups in total. The molecule has 0 radical (unpaired) electrons. The highest BCUT2D eigenvalue weighted by Gasteiger charge is 2.45. The van der Waals surface area contributed by atoms with Crippen LogP contribution < -0.4 is 15.5 Å². The molecule has 294 valence electrons. The number of hydrogen-bond acceptors (Lipinski definition) is 12. The van der Waals surface area contributed by atoms with Crippen molar-refractivity contribution in [3.8, 4) is 11.3 Å². The third-order valence-corrected chi connectivity index (χ3v) is 10.9. The normalized spacial score (nSPS) is 19.0. The van der Waals surface area contributed by atoms with Crippen molar-refractivity contribution in [3.05, 3.63) is 88.8 Å². The minimum Gasteiger partial charge on any atom is -0.368 e. The van der Waals surface area contributed by atoms with E-state index in [2.05, 4.69) is 40.4 Å². The Kier molecular flexibility index (Phi) is 10.0. The van der Waals surface area contributed by atoms with Gasteiger partial charge >= 0.3 is 0 Å². The lowest BCUT2D eigenvalue weighted by atomic mass is 9.96. The summed E-state index contributed by atoms with van der Waals surface area (Å²) in [6, 6.07) is 7.87. The van der Waals surface area contributed by atoms with Gasteiger partial charge in [-0.15, -0.1) is 0 Å². The van der Waals surface area contributed by atoms with Crippen molar-refractivity contribution in [1.29, 1.82) is 0 Å². The molecule has 2 amide bonds. The van der Waals surface area contributed by atoms with E-state index in [0.29, 0.717) is 54.5 Å². The van der Waals surface area contributed by atoms with Gasteiger partial charge in [0, 0.05) is 68.4 Å². The number of hydrogen-bond donors (Lipinski definition) is 2. The van der Waals surface area contributed by atoms with Gasteiger partial charge in [0.05, 0.1) is 29.6 Å². The van der Waals surface area contributed by atoms with Crippen molar-refractivity contribution >= 4 is 52.4 Å². The minimum absolute atomic E-state index is 0.0102. The zero-order valence-electron chi connectivity index (χ0n) is 31.4. The number of pyridine rings is 1. The summed E-state index contributed by atoms with van der Waals surface area (Å²) in [6.45, 7) is 8.55. The third-order valence-electron chi connectivity index (χ3n) is 10.9. The number of aryl methyl sites for hydroxylation is 1. The van der Waals surface area contributed by atoms with Crippen LogP contribution in [0.4, 0.5) is 30.6 Å². The fraction of sp³-hybridized carbons (Fsp3) is 0.350. The highest BCUT2D eigenvalue weighted by Crippen LogP contribution is 2.40. The first-order valence-corrected chi connectivity index (χ1v) is 18.7. The van der Waals surface area contributed by atoms with E-state index in [-0.39, 0.29) is 66.5 Å². The zero-order valence-corrected chi connectivity index (χ0v) is 31.4. The Morgan fingerprint density at radius 2 is 1.79 bits per heavy atom. The molecule has 8 rings (SSSR count). The Bertz CT molecular complexity index is 2430. The second kappa shape index (κ2) is 15.1. The summed E-state index contributed by atoms with van der Waals surface area (Å²) in [5, 5.41) is 5.28. The van der Waals surface area contributed by atoms with Crippen molar-refractivity contribution in [3.63, 3.8) is 0 Å². The molecule has 14 nitrogen and oxygen atoms in total. The summed E-state index contributed by atoms with van der Waals surface area (Å²) in [4.78, 5) is 71.9. The second-order valence-corrected chi connectivity index (χ2v) is 14.8. The average Bonchev–Trinajstić information content (AvgIpc) is 3.75. The van der Waals surface area contributed by atoms with Gasteiger partial charge in [0.15, 0.2) is 17.9 Å². The Balaban J connectivity index is 0.916. The molecule has 17 heteroatoms. The summed E-state index contributed by atoms with van der Waals surface area (Å²) < 4.78 is 48.3. The quantitative estimate of drug-likeness (QED) is 0.115. The van der Waals surface area contributed by atoms with Crippen molar-refractivity contribution < 1.29 is 32.3 Å². The lowest BCUT2D eigenvalue weighted by Crippen LogP contribution is -2.52. The number of nitrogens with zero attached hydrogens (tertiary/aromatic N) is 8. The number of fused-ring (bicyclic) bond motifs is 2. The number of imide groups is 1. The van der Waals surface area contributed by atoms with Crippen LogP contribution in [-0.4, -0.2) is 90.4 Å². The Hall–Kier alpha value is -6.07. The monoisotopic (exact) mass is 780 g/mol. The summed E-state index contributed by atoms with van der Waals surface area (Å²) in [7, 11) is 0. The van der Waals surface area contributed by atoms with Crippen LogP contribution in [0.1, 0.15) is 61.3 Å². The van der Waals surface area contributed by atoms with Crippen molar-refractivity contribution in [2.45, 2.75) is 64.8 Å². The number of piperidine rings is 1. The molecule has 0 spiro atoms. The maximum atomic E-state index is 16.2. The largest absolute Gasteiger partial charge is 0.368 e. The Morgan fingerprint density at radius 1 is 1.00 bits per heavy atom. The predicted molar refractivity (Wildman–Crippen MR) is 203 cm³/mol. The molecule has 2 fully saturated rings. The predicted octanol–water partition coefficient (Wildman–Crippen LogP) is 4.69. The number of benzene rings is 2. The first-order chi connectivity index (χ1) is 27.4. The van der Waals surface area contributed by atoms with Gasteiger partial charge in [-0.25, -0.2) is 33.1 Å². The Morgan fingerprint density at radius 3 is 2.49 bits per heavy atom. The van der Waals surface area contributed by atoms with Gasteiger partial charge < -0.3 is 14.8 Å². The molecule has 6 heterocycles. The first-order valence-electron chi connectivity index (χ1n) is 18.7. The summed E-state index contributed by atoms with van der Waals surface area (Å²) in [5.74, 6) is -2.52. The maximum Gasteiger partial charge on any atom is 0.243 e. The molecule has 5 aromatic rings. The fourth-order valence-electron chi connectivity index (χ4n) is 8.20. The third kappa shape index (κ3) is 7.12. The smallest absolute Gasteiger partial charge is 0.243 e. The lowest BCUT2D eigenvalue weighted by Gasteiger charge is -2.36. The van der Waals surface area contributed by atoms with Gasteiger partial charge in [-0.3, -0.25) is 34.3 Å². The molecule has 0 saturated carbocycles. The number of carbonyl (C=O) groups is 4. The van der Waals surface area contributed by atoms with Crippen molar-refractivity contribution in [2.75, 3.05) is 36.4 Å². The van der Waals surface area contributed by atoms with E-state index >= 15 is 13.2 Å². The van der Waals surface area contributed by atoms with E-state index in [9.17, 15) is 19.2 Å². The highest BCUT2D eigenvalue weighted by atomic mass is 19.1. The molecule has 0 bridgehead atoms. The topological polar surface area (TPSA) is 159 Å². The molecular weight excluding hydrogens is 741 g/mol. The van der Waals surface area contributed by atoms with E-state index in [1.165, 1.54) is 11.0 Å². The number of Topliss-reactive ketones (excluding diaryl/α,β-unsaturated/α-hetero) is 1. The standard InChI is InChI=1S/C40H39F3N10O4/c1-21(2)53-22(3)46-37-27(41)14-25(15-30(37)53)36-28(42)17-45-40(49-36)47-32-8-6-26(16-44-32)51-12-10-50(11-13-51)18-24-5-4-23-19-52(29-7-9-33(56)48-39(29)57)38(31(55)20-54)34(23)35(24)43/h4-6,8,14-17,20-21,29,38H,7,9-13,18-19H2,1-3H3,(H,48,56,57)(H,44,45,47,49). The molecule has 3 aliphatic heterocycles. The van der Waals surface area contributed by atoms with E-state index < -0.39 is 47.1 Å². The number of ketones is 1. The van der Waals surface area contributed by atoms with Crippen LogP contribution in [0.25, 0.3) is 22.3 Å². The van der Waals surface area contributed by atoms with Crippen LogP contribution in [0.15, 0.2) is 48.8 Å². The SMILES string of the molecule is Cc1nc2c(F)cc(-c3nc(Nc4ccc(N5CCN(Cc6ccc7c(c6F)C(C(=O)C=O)N(C6CCC(=O)NC6=O)C7)CC5)cn4)ncc3F)cc2n1C(C)C. The highest BCUT2D eigenvalue weighted by molar-refractivity contribution is 6.27. The van der Waals surface area contributed by atoms with Crippen LogP contribution in [0, 0.1) is 24.4 Å². The lowest BCUT2D eigenvalue weighted by molar-refractivity contribution is -0.141. The Labute approximate surface area is 325 Å². The minimum atomic E-state index is -1.25. The number of aromatic nitrogens is 5. The van der Waals surface area contributed by atoms with Crippen LogP contribution in [-0.2, 0) is 32.3 Å². The molecule has 2 aromatic carbocycles. The van der Waals surface area contributed by atoms with Gasteiger partial charge in [-0.05, 0) is 57.0 Å². The number of imidazole rings is 1. The van der Waals surface area contributed by atoms with Crippen LogP contribution in [0.2, 0.25) is 0 Å². The van der Waals surface area contributed by atoms with Gasteiger partial charge in [0.1, 0.15) is 34.7 Å². The average molecular weight is 781 g/mol. The van der Waals surface area contributed by atoms with E-state index in [4.69, 9.17) is 0 Å². The zero-order chi connectivity index (χ0) is 40.1. The number of anilines is 3. The molecule has 3 aromatic heterocycles. The number of aldehydes is 1. The molecule has 2 unspecified atom stereocenters. The van der Waals surface area contributed by atoms with Crippen LogP contribution in [0.3, 0.4) is 0 Å². The first kappa shape index (κ1) is 37.8. The van der Waals surface area contributed by atoms with Crippen molar-refractivity contribution in [1.82, 2.24) is 39.6 Å². The van der Waals surface area contributed by atoms with Gasteiger partial charge in [-0.2, -0.15) is 0 Å². The molecule has 3 aliphatic rings. The molecule has 2 saturated heterocycles.